The summed E-state index contributed by atoms with van der Waals surface area (Å²) < 4.78 is 17.7. The minimum atomic E-state index is -0.207. The Morgan fingerprint density at radius 2 is 2.19 bits per heavy atom. The lowest BCUT2D eigenvalue weighted by Crippen LogP contribution is -2.48. The fraction of sp³-hybridized carbons (Fsp3) is 1.00. The Bertz CT molecular complexity index is 198. The van der Waals surface area contributed by atoms with E-state index in [0.29, 0.717) is 12.3 Å². The molecule has 0 amide bonds. The van der Waals surface area contributed by atoms with Crippen LogP contribution in [0.2, 0.25) is 0 Å². The Balaban J connectivity index is 2.64. The average Bonchev–Trinajstić information content (AvgIpc) is 2.57. The molecule has 0 aliphatic carbocycles. The molecule has 1 aliphatic rings. The van der Waals surface area contributed by atoms with Gasteiger partial charge in [-0.05, 0) is 38.1 Å². The number of likely N-dealkylation sites (tertiary alicyclic amines) is 1. The third kappa shape index (κ3) is 3.42. The van der Waals surface area contributed by atoms with Gasteiger partial charge in [0.1, 0.15) is 0 Å². The molecule has 1 aliphatic heterocycles. The maximum absolute atomic E-state index is 12.3. The largest absolute Gasteiger partial charge is 0.383 e. The summed E-state index contributed by atoms with van der Waals surface area (Å²) in [5.41, 5.74) is 0.179. The van der Waals surface area contributed by atoms with E-state index in [2.05, 4.69) is 18.7 Å². The lowest BCUT2D eigenvalue weighted by molar-refractivity contribution is 0.0219. The molecule has 1 fully saturated rings. The van der Waals surface area contributed by atoms with Crippen LogP contribution in [0.1, 0.15) is 39.5 Å². The summed E-state index contributed by atoms with van der Waals surface area (Å²) in [4.78, 5) is 2.45. The Hall–Kier alpha value is -0.150. The van der Waals surface area contributed by atoms with Crippen molar-refractivity contribution in [2.45, 2.75) is 45.1 Å². The number of halogens is 1. The molecule has 0 N–H and O–H groups in total. The molecular weight excluding hydrogens is 205 g/mol. The van der Waals surface area contributed by atoms with Gasteiger partial charge < -0.3 is 4.74 Å². The first-order valence-electron chi connectivity index (χ1n) is 6.44. The number of rotatable bonds is 7. The van der Waals surface area contributed by atoms with E-state index in [0.717, 1.165) is 26.1 Å². The van der Waals surface area contributed by atoms with Gasteiger partial charge in [-0.25, -0.2) is 0 Å². The summed E-state index contributed by atoms with van der Waals surface area (Å²) in [5.74, 6) is 0.668. The maximum Gasteiger partial charge on any atom is 0.0906 e. The van der Waals surface area contributed by atoms with E-state index in [-0.39, 0.29) is 12.2 Å². The predicted octanol–water partition coefficient (Wildman–Crippen LogP) is 2.87. The fourth-order valence-electron chi connectivity index (χ4n) is 3.08. The number of hydrogen-bond acceptors (Lipinski definition) is 2. The zero-order valence-electron chi connectivity index (χ0n) is 11.0. The van der Waals surface area contributed by atoms with Crippen LogP contribution in [0.25, 0.3) is 0 Å². The van der Waals surface area contributed by atoms with Crippen LogP contribution in [-0.2, 0) is 4.74 Å². The molecule has 96 valence electrons. The van der Waals surface area contributed by atoms with Crippen molar-refractivity contribution in [3.63, 3.8) is 0 Å². The van der Waals surface area contributed by atoms with Gasteiger partial charge in [0.05, 0.1) is 13.3 Å². The van der Waals surface area contributed by atoms with Crippen LogP contribution >= 0.6 is 0 Å². The van der Waals surface area contributed by atoms with Gasteiger partial charge in [-0.15, -0.1) is 0 Å². The van der Waals surface area contributed by atoms with E-state index < -0.39 is 0 Å². The van der Waals surface area contributed by atoms with E-state index in [4.69, 9.17) is 4.74 Å². The number of alkyl halides is 1. The van der Waals surface area contributed by atoms with E-state index in [1.54, 1.807) is 7.11 Å². The van der Waals surface area contributed by atoms with Crippen LogP contribution in [0, 0.1) is 5.92 Å². The second-order valence-corrected chi connectivity index (χ2v) is 5.39. The summed E-state index contributed by atoms with van der Waals surface area (Å²) in [6.45, 7) is 7.08. The molecule has 0 bridgehead atoms. The molecule has 0 saturated carbocycles. The fourth-order valence-corrected chi connectivity index (χ4v) is 3.08. The zero-order chi connectivity index (χ0) is 12.0. The van der Waals surface area contributed by atoms with Crippen LogP contribution in [0.3, 0.4) is 0 Å². The van der Waals surface area contributed by atoms with E-state index in [1.165, 1.54) is 12.8 Å². The lowest BCUT2D eigenvalue weighted by Gasteiger charge is -2.39. The van der Waals surface area contributed by atoms with Gasteiger partial charge in [0, 0.05) is 19.2 Å². The highest BCUT2D eigenvalue weighted by molar-refractivity contribution is 4.96. The van der Waals surface area contributed by atoms with Crippen molar-refractivity contribution in [3.8, 4) is 0 Å². The van der Waals surface area contributed by atoms with Gasteiger partial charge in [0.25, 0.3) is 0 Å². The first kappa shape index (κ1) is 13.9. The summed E-state index contributed by atoms with van der Waals surface area (Å²) in [7, 11) is 1.77. The van der Waals surface area contributed by atoms with E-state index >= 15 is 0 Å². The van der Waals surface area contributed by atoms with E-state index in [1.807, 2.05) is 0 Å². The van der Waals surface area contributed by atoms with Crippen molar-refractivity contribution in [2.24, 2.45) is 5.92 Å². The number of ether oxygens (including phenoxy) is 1. The number of nitrogens with zero attached hydrogens (tertiary/aromatic N) is 1. The summed E-state index contributed by atoms with van der Waals surface area (Å²) in [5, 5.41) is 0. The molecule has 1 rings (SSSR count). The van der Waals surface area contributed by atoms with Gasteiger partial charge >= 0.3 is 0 Å². The van der Waals surface area contributed by atoms with Crippen molar-refractivity contribution >= 4 is 0 Å². The molecule has 16 heavy (non-hydrogen) atoms. The van der Waals surface area contributed by atoms with Gasteiger partial charge in [0.2, 0.25) is 0 Å². The van der Waals surface area contributed by atoms with Gasteiger partial charge in [-0.3, -0.25) is 9.29 Å². The van der Waals surface area contributed by atoms with Gasteiger partial charge in [-0.1, -0.05) is 13.8 Å². The van der Waals surface area contributed by atoms with Crippen molar-refractivity contribution in [3.05, 3.63) is 0 Å². The molecule has 1 unspecified atom stereocenters. The molecule has 0 aromatic heterocycles. The average molecular weight is 231 g/mol. The third-order valence-corrected chi connectivity index (χ3v) is 3.50. The SMILES string of the molecule is COCC1(CC(C)C)CCCN1CCCF. The molecule has 0 aromatic rings. The van der Waals surface area contributed by atoms with Crippen molar-refractivity contribution < 1.29 is 9.13 Å². The highest BCUT2D eigenvalue weighted by Crippen LogP contribution is 2.35. The Kier molecular flexibility index (Phi) is 5.70. The topological polar surface area (TPSA) is 12.5 Å². The molecule has 1 heterocycles. The van der Waals surface area contributed by atoms with Crippen LogP contribution in [0.15, 0.2) is 0 Å². The zero-order valence-corrected chi connectivity index (χ0v) is 11.0. The molecular formula is C13H26FNO. The second-order valence-electron chi connectivity index (χ2n) is 5.39. The predicted molar refractivity (Wildman–Crippen MR) is 65.5 cm³/mol. The highest BCUT2D eigenvalue weighted by Gasteiger charge is 2.40. The monoisotopic (exact) mass is 231 g/mol. The van der Waals surface area contributed by atoms with Gasteiger partial charge in [-0.2, -0.15) is 0 Å². The quantitative estimate of drug-likeness (QED) is 0.668. The third-order valence-electron chi connectivity index (χ3n) is 3.50. The van der Waals surface area contributed by atoms with Crippen LogP contribution in [0.4, 0.5) is 4.39 Å². The van der Waals surface area contributed by atoms with Crippen molar-refractivity contribution in [2.75, 3.05) is 33.5 Å². The smallest absolute Gasteiger partial charge is 0.0906 e. The summed E-state index contributed by atoms with van der Waals surface area (Å²) in [6.07, 6.45) is 4.24. The summed E-state index contributed by atoms with van der Waals surface area (Å²) in [6, 6.07) is 0. The Morgan fingerprint density at radius 3 is 2.75 bits per heavy atom. The molecule has 2 nitrogen and oxygen atoms in total. The normalized spacial score (nSPS) is 26.8. The van der Waals surface area contributed by atoms with Crippen molar-refractivity contribution in [1.29, 1.82) is 0 Å². The summed E-state index contributed by atoms with van der Waals surface area (Å²) >= 11 is 0. The standard InChI is InChI=1S/C13H26FNO/c1-12(2)10-13(11-16-3)6-4-8-15(13)9-5-7-14/h12H,4-11H2,1-3H3. The molecule has 0 spiro atoms. The molecule has 0 radical (unpaired) electrons. The molecule has 1 atom stereocenters. The molecule has 1 saturated heterocycles. The van der Waals surface area contributed by atoms with E-state index in [9.17, 15) is 4.39 Å². The first-order chi connectivity index (χ1) is 7.64. The molecule has 0 aromatic carbocycles. The van der Waals surface area contributed by atoms with Crippen LogP contribution in [0.5, 0.6) is 0 Å². The highest BCUT2D eigenvalue weighted by atomic mass is 19.1. The van der Waals surface area contributed by atoms with Crippen LogP contribution in [-0.4, -0.2) is 43.9 Å². The Labute approximate surface area is 99.2 Å². The van der Waals surface area contributed by atoms with Crippen LogP contribution < -0.4 is 0 Å². The second kappa shape index (κ2) is 6.55. The Morgan fingerprint density at radius 1 is 1.44 bits per heavy atom. The number of hydrogen-bond donors (Lipinski definition) is 0. The van der Waals surface area contributed by atoms with Gasteiger partial charge in [0.15, 0.2) is 0 Å². The first-order valence-corrected chi connectivity index (χ1v) is 6.44. The molecule has 3 heteroatoms. The maximum atomic E-state index is 12.3. The minimum Gasteiger partial charge on any atom is -0.383 e. The lowest BCUT2D eigenvalue weighted by atomic mass is 9.87. The van der Waals surface area contributed by atoms with Crippen molar-refractivity contribution in [1.82, 2.24) is 4.90 Å². The minimum absolute atomic E-state index is 0.179. The number of methoxy groups -OCH3 is 1.